The summed E-state index contributed by atoms with van der Waals surface area (Å²) in [6.07, 6.45) is -0.187. The van der Waals surface area contributed by atoms with Gasteiger partial charge in [0.1, 0.15) is 23.2 Å². The molecule has 0 amide bonds. The Balaban J connectivity index is 2.11. The molecule has 0 saturated carbocycles. The molecular weight excluding hydrogens is 433 g/mol. The number of benzene rings is 2. The Kier molecular flexibility index (Phi) is 7.94. The number of nitrogen functional groups attached to an aromatic ring is 1. The molecule has 180 valence electrons. The van der Waals surface area contributed by atoms with Crippen molar-refractivity contribution in [3.8, 4) is 11.5 Å². The van der Waals surface area contributed by atoms with E-state index in [4.69, 9.17) is 25.6 Å². The van der Waals surface area contributed by atoms with Crippen LogP contribution in [0.5, 0.6) is 11.5 Å². The average Bonchev–Trinajstić information content (AvgIpc) is 2.80. The van der Waals surface area contributed by atoms with Crippen LogP contribution in [0.15, 0.2) is 54.6 Å². The standard InChI is InChI=1S/C26H32FN5O2/c1-6-33-21-14-19(25(27)22(15-21)34-17(2)3)16-32(20-12-10-18(11-13-20)26(28)29)24-9-7-8-23(30-24)31(4)5/h7-15,17H,6,16H2,1-5H3,(H3,28,29). The molecule has 0 aliphatic rings. The first-order valence-corrected chi connectivity index (χ1v) is 11.2. The normalized spacial score (nSPS) is 10.8. The van der Waals surface area contributed by atoms with E-state index >= 15 is 4.39 Å². The first-order chi connectivity index (χ1) is 16.2. The number of amidine groups is 1. The van der Waals surface area contributed by atoms with Crippen LogP contribution in [0.1, 0.15) is 31.9 Å². The van der Waals surface area contributed by atoms with Crippen molar-refractivity contribution in [3.05, 3.63) is 71.5 Å². The summed E-state index contributed by atoms with van der Waals surface area (Å²) in [6, 6.07) is 16.2. The van der Waals surface area contributed by atoms with Gasteiger partial charge in [-0.05, 0) is 63.2 Å². The summed E-state index contributed by atoms with van der Waals surface area (Å²) >= 11 is 0. The summed E-state index contributed by atoms with van der Waals surface area (Å²) in [5, 5.41) is 7.67. The molecule has 1 aromatic heterocycles. The Labute approximate surface area is 200 Å². The van der Waals surface area contributed by atoms with Crippen molar-refractivity contribution in [3.63, 3.8) is 0 Å². The van der Waals surface area contributed by atoms with Gasteiger partial charge in [-0.2, -0.15) is 0 Å². The highest BCUT2D eigenvalue weighted by molar-refractivity contribution is 5.95. The number of nitrogens with zero attached hydrogens (tertiary/aromatic N) is 3. The highest BCUT2D eigenvalue weighted by Gasteiger charge is 2.20. The van der Waals surface area contributed by atoms with Crippen LogP contribution >= 0.6 is 0 Å². The fraction of sp³-hybridized carbons (Fsp3) is 0.308. The van der Waals surface area contributed by atoms with Gasteiger partial charge in [-0.1, -0.05) is 6.07 Å². The van der Waals surface area contributed by atoms with E-state index in [1.54, 1.807) is 24.3 Å². The summed E-state index contributed by atoms with van der Waals surface area (Å²) < 4.78 is 27.0. The fourth-order valence-electron chi connectivity index (χ4n) is 3.44. The first kappa shape index (κ1) is 24.8. The minimum atomic E-state index is -0.439. The van der Waals surface area contributed by atoms with Crippen LogP contribution in [-0.2, 0) is 6.54 Å². The minimum absolute atomic E-state index is 0.0169. The Morgan fingerprint density at radius 3 is 2.35 bits per heavy atom. The number of nitrogens with two attached hydrogens (primary N) is 1. The number of ether oxygens (including phenoxy) is 2. The molecule has 0 spiro atoms. The van der Waals surface area contributed by atoms with Crippen molar-refractivity contribution in [1.29, 1.82) is 5.41 Å². The topological polar surface area (TPSA) is 87.7 Å². The summed E-state index contributed by atoms with van der Waals surface area (Å²) in [6.45, 7) is 6.23. The number of halogens is 1. The van der Waals surface area contributed by atoms with Crippen molar-refractivity contribution in [1.82, 2.24) is 4.98 Å². The summed E-state index contributed by atoms with van der Waals surface area (Å²) in [7, 11) is 3.83. The second kappa shape index (κ2) is 10.9. The third kappa shape index (κ3) is 5.95. The van der Waals surface area contributed by atoms with Crippen LogP contribution in [0.25, 0.3) is 0 Å². The molecule has 0 aliphatic heterocycles. The number of nitrogens with one attached hydrogen (secondary N) is 1. The van der Waals surface area contributed by atoms with Crippen molar-refractivity contribution < 1.29 is 13.9 Å². The smallest absolute Gasteiger partial charge is 0.170 e. The molecule has 34 heavy (non-hydrogen) atoms. The predicted molar refractivity (Wildman–Crippen MR) is 135 cm³/mol. The molecule has 7 nitrogen and oxygen atoms in total. The number of hydrogen-bond acceptors (Lipinski definition) is 6. The van der Waals surface area contributed by atoms with E-state index < -0.39 is 5.82 Å². The third-order valence-electron chi connectivity index (χ3n) is 5.03. The molecule has 8 heteroatoms. The van der Waals surface area contributed by atoms with E-state index in [-0.39, 0.29) is 24.2 Å². The molecule has 0 atom stereocenters. The van der Waals surface area contributed by atoms with Crippen molar-refractivity contribution in [2.45, 2.75) is 33.4 Å². The first-order valence-electron chi connectivity index (χ1n) is 11.2. The molecule has 0 saturated heterocycles. The van der Waals surface area contributed by atoms with Crippen molar-refractivity contribution in [2.75, 3.05) is 30.5 Å². The molecule has 0 radical (unpaired) electrons. The monoisotopic (exact) mass is 465 g/mol. The summed E-state index contributed by atoms with van der Waals surface area (Å²) in [5.74, 6) is 1.65. The van der Waals surface area contributed by atoms with Crippen LogP contribution in [-0.4, -0.2) is 37.6 Å². The van der Waals surface area contributed by atoms with E-state index in [0.29, 0.717) is 29.3 Å². The van der Waals surface area contributed by atoms with E-state index in [1.165, 1.54) is 0 Å². The molecule has 0 fully saturated rings. The van der Waals surface area contributed by atoms with Gasteiger partial charge in [0, 0.05) is 37.0 Å². The van der Waals surface area contributed by atoms with Gasteiger partial charge in [0.2, 0.25) is 0 Å². The lowest BCUT2D eigenvalue weighted by Gasteiger charge is -2.26. The lowest BCUT2D eigenvalue weighted by molar-refractivity contribution is 0.228. The molecule has 3 rings (SSSR count). The van der Waals surface area contributed by atoms with Crippen molar-refractivity contribution in [2.24, 2.45) is 5.73 Å². The van der Waals surface area contributed by atoms with Crippen LogP contribution in [0.3, 0.4) is 0 Å². The molecule has 1 heterocycles. The minimum Gasteiger partial charge on any atom is -0.494 e. The molecule has 0 unspecified atom stereocenters. The molecule has 0 bridgehead atoms. The van der Waals surface area contributed by atoms with Crippen LogP contribution in [0.2, 0.25) is 0 Å². The van der Waals surface area contributed by atoms with Gasteiger partial charge in [-0.15, -0.1) is 0 Å². The van der Waals surface area contributed by atoms with Gasteiger partial charge in [0.25, 0.3) is 0 Å². The van der Waals surface area contributed by atoms with Gasteiger partial charge in [0.15, 0.2) is 11.6 Å². The third-order valence-corrected chi connectivity index (χ3v) is 5.03. The maximum absolute atomic E-state index is 15.5. The SMILES string of the molecule is CCOc1cc(CN(c2ccc(C(=N)N)cc2)c2cccc(N(C)C)n2)c(F)c(OC(C)C)c1. The number of anilines is 3. The van der Waals surface area contributed by atoms with Gasteiger partial charge >= 0.3 is 0 Å². The largest absolute Gasteiger partial charge is 0.494 e. The Hall–Kier alpha value is -3.81. The second-order valence-electron chi connectivity index (χ2n) is 8.29. The molecule has 3 aromatic rings. The second-order valence-corrected chi connectivity index (χ2v) is 8.29. The molecule has 3 N–H and O–H groups in total. The summed E-state index contributed by atoms with van der Waals surface area (Å²) in [4.78, 5) is 8.58. The van der Waals surface area contributed by atoms with Crippen LogP contribution < -0.4 is 25.0 Å². The highest BCUT2D eigenvalue weighted by Crippen LogP contribution is 2.33. The van der Waals surface area contributed by atoms with E-state index in [2.05, 4.69) is 0 Å². The molecule has 0 aliphatic carbocycles. The zero-order valence-corrected chi connectivity index (χ0v) is 20.3. The highest BCUT2D eigenvalue weighted by atomic mass is 19.1. The van der Waals surface area contributed by atoms with Gasteiger partial charge in [-0.25, -0.2) is 9.37 Å². The van der Waals surface area contributed by atoms with Gasteiger partial charge < -0.3 is 25.0 Å². The number of hydrogen-bond donors (Lipinski definition) is 2. The quantitative estimate of drug-likeness (QED) is 0.320. The maximum atomic E-state index is 15.5. The zero-order valence-electron chi connectivity index (χ0n) is 20.3. The van der Waals surface area contributed by atoms with E-state index in [1.807, 2.05) is 75.0 Å². The zero-order chi connectivity index (χ0) is 24.8. The van der Waals surface area contributed by atoms with Gasteiger partial charge in [0.05, 0.1) is 19.3 Å². The average molecular weight is 466 g/mol. The Morgan fingerprint density at radius 2 is 1.76 bits per heavy atom. The Morgan fingerprint density at radius 1 is 1.09 bits per heavy atom. The molecular formula is C26H32FN5O2. The number of pyridine rings is 1. The maximum Gasteiger partial charge on any atom is 0.170 e. The van der Waals surface area contributed by atoms with Crippen molar-refractivity contribution >= 4 is 23.2 Å². The predicted octanol–water partition coefficient (Wildman–Crippen LogP) is 5.09. The number of aromatic nitrogens is 1. The lowest BCUT2D eigenvalue weighted by atomic mass is 10.1. The van der Waals surface area contributed by atoms with Crippen LogP contribution in [0.4, 0.5) is 21.7 Å². The molecule has 2 aromatic carbocycles. The number of rotatable bonds is 10. The Bertz CT molecular complexity index is 1130. The fourth-order valence-corrected chi connectivity index (χ4v) is 3.44. The summed E-state index contributed by atoms with van der Waals surface area (Å²) in [5.41, 5.74) is 7.42. The van der Waals surface area contributed by atoms with E-state index in [0.717, 1.165) is 11.5 Å². The van der Waals surface area contributed by atoms with Gasteiger partial charge in [-0.3, -0.25) is 5.41 Å². The lowest BCUT2D eigenvalue weighted by Crippen LogP contribution is -2.21. The van der Waals surface area contributed by atoms with E-state index in [9.17, 15) is 0 Å². The van der Waals surface area contributed by atoms with Crippen LogP contribution in [0, 0.1) is 11.2 Å².